The van der Waals surface area contributed by atoms with Crippen molar-refractivity contribution in [1.29, 1.82) is 0 Å². The van der Waals surface area contributed by atoms with Crippen LogP contribution in [0.5, 0.6) is 0 Å². The lowest BCUT2D eigenvalue weighted by Crippen LogP contribution is -2.28. The van der Waals surface area contributed by atoms with E-state index in [4.69, 9.17) is 14.4 Å². The van der Waals surface area contributed by atoms with Crippen molar-refractivity contribution in [3.8, 4) is 67.3 Å². The number of nitrogens with zero attached hydrogens (tertiary/aromatic N) is 2. The Morgan fingerprint density at radius 3 is 1.55 bits per heavy atom. The number of aromatic nitrogens is 2. The molecule has 0 saturated heterocycles. The van der Waals surface area contributed by atoms with Gasteiger partial charge in [-0.1, -0.05) is 212 Å². The van der Waals surface area contributed by atoms with E-state index in [2.05, 4.69) is 200 Å². The first-order chi connectivity index (χ1) is 30.7. The highest BCUT2D eigenvalue weighted by Crippen LogP contribution is 2.56. The van der Waals surface area contributed by atoms with Crippen molar-refractivity contribution in [3.05, 3.63) is 253 Å². The molecule has 0 bridgehead atoms. The molecule has 0 saturated carbocycles. The summed E-state index contributed by atoms with van der Waals surface area (Å²) in [6.07, 6.45) is 0. The molecule has 3 heteroatoms. The van der Waals surface area contributed by atoms with E-state index in [-0.39, 0.29) is 0 Å². The number of fused-ring (bicyclic) bond motifs is 6. The van der Waals surface area contributed by atoms with Crippen LogP contribution in [0.2, 0.25) is 0 Å². The van der Waals surface area contributed by atoms with Crippen LogP contribution in [0.1, 0.15) is 22.3 Å². The highest BCUT2D eigenvalue weighted by Gasteiger charge is 2.46. The second-order valence-electron chi connectivity index (χ2n) is 16.1. The van der Waals surface area contributed by atoms with Gasteiger partial charge in [0.2, 0.25) is 0 Å². The average Bonchev–Trinajstić information content (AvgIpc) is 3.89. The lowest BCUT2D eigenvalue weighted by atomic mass is 9.67. The molecule has 0 spiro atoms. The lowest BCUT2D eigenvalue weighted by molar-refractivity contribution is 0.670. The predicted octanol–water partition coefficient (Wildman–Crippen LogP) is 15.1. The number of benzene rings is 9. The Hall–Kier alpha value is -8.14. The van der Waals surface area contributed by atoms with Gasteiger partial charge in [0, 0.05) is 33.0 Å². The second-order valence-corrected chi connectivity index (χ2v) is 16.1. The van der Waals surface area contributed by atoms with Crippen molar-refractivity contribution >= 4 is 21.9 Å². The SMILES string of the molecule is c1ccc(-c2nc(-c3ccc(-c4ccc(-c5cccc6c5oc5ccccc56)cc4)cc3)cc(-c3ccc4c(c3)C(c3ccccc3)(c3ccccc3)c3ccccc3-4)n2)cc1. The summed E-state index contributed by atoms with van der Waals surface area (Å²) in [5, 5.41) is 2.27. The second kappa shape index (κ2) is 14.5. The quantitative estimate of drug-likeness (QED) is 0.161. The summed E-state index contributed by atoms with van der Waals surface area (Å²) in [6.45, 7) is 0. The summed E-state index contributed by atoms with van der Waals surface area (Å²) in [7, 11) is 0. The number of hydrogen-bond acceptors (Lipinski definition) is 3. The van der Waals surface area contributed by atoms with Crippen LogP contribution >= 0.6 is 0 Å². The molecule has 12 rings (SSSR count). The molecule has 1 aliphatic rings. The summed E-state index contributed by atoms with van der Waals surface area (Å²) in [6, 6.07) is 82.2. The Bertz CT molecular complexity index is 3390. The third-order valence-electron chi connectivity index (χ3n) is 12.6. The van der Waals surface area contributed by atoms with Crippen molar-refractivity contribution in [2.45, 2.75) is 5.41 Å². The van der Waals surface area contributed by atoms with E-state index in [0.29, 0.717) is 5.82 Å². The van der Waals surface area contributed by atoms with Crippen LogP contribution in [0.15, 0.2) is 235 Å². The molecule has 290 valence electrons. The van der Waals surface area contributed by atoms with Gasteiger partial charge in [-0.05, 0) is 68.3 Å². The summed E-state index contributed by atoms with van der Waals surface area (Å²) >= 11 is 0. The maximum atomic E-state index is 6.35. The Morgan fingerprint density at radius 1 is 0.323 bits per heavy atom. The first-order valence-corrected chi connectivity index (χ1v) is 21.1. The van der Waals surface area contributed by atoms with E-state index >= 15 is 0 Å². The van der Waals surface area contributed by atoms with Crippen LogP contribution in [0.4, 0.5) is 0 Å². The normalized spacial score (nSPS) is 12.6. The molecule has 1 aliphatic carbocycles. The van der Waals surface area contributed by atoms with Gasteiger partial charge < -0.3 is 4.42 Å². The van der Waals surface area contributed by atoms with Crippen LogP contribution < -0.4 is 0 Å². The number of hydrogen-bond donors (Lipinski definition) is 0. The molecule has 2 heterocycles. The van der Waals surface area contributed by atoms with E-state index in [0.717, 1.165) is 72.3 Å². The molecule has 0 fully saturated rings. The maximum Gasteiger partial charge on any atom is 0.160 e. The maximum absolute atomic E-state index is 6.35. The van der Waals surface area contributed by atoms with E-state index in [9.17, 15) is 0 Å². The molecule has 0 atom stereocenters. The molecular weight excluding hydrogens is 753 g/mol. The summed E-state index contributed by atoms with van der Waals surface area (Å²) < 4.78 is 6.35. The Kier molecular flexibility index (Phi) is 8.39. The lowest BCUT2D eigenvalue weighted by Gasteiger charge is -2.34. The van der Waals surface area contributed by atoms with Gasteiger partial charge in [-0.2, -0.15) is 0 Å². The first-order valence-electron chi connectivity index (χ1n) is 21.1. The minimum absolute atomic E-state index is 0.503. The molecule has 0 radical (unpaired) electrons. The zero-order valence-corrected chi connectivity index (χ0v) is 33.7. The van der Waals surface area contributed by atoms with Gasteiger partial charge in [0.15, 0.2) is 5.82 Å². The molecule has 3 nitrogen and oxygen atoms in total. The molecule has 0 aliphatic heterocycles. The Morgan fingerprint density at radius 2 is 0.839 bits per heavy atom. The molecule has 0 amide bonds. The van der Waals surface area contributed by atoms with Crippen molar-refractivity contribution in [3.63, 3.8) is 0 Å². The topological polar surface area (TPSA) is 38.9 Å². The van der Waals surface area contributed by atoms with E-state index in [1.165, 1.54) is 33.4 Å². The summed E-state index contributed by atoms with van der Waals surface area (Å²) in [4.78, 5) is 10.5. The third-order valence-corrected chi connectivity index (χ3v) is 12.6. The highest BCUT2D eigenvalue weighted by atomic mass is 16.3. The molecule has 11 aromatic rings. The van der Waals surface area contributed by atoms with Gasteiger partial charge in [0.25, 0.3) is 0 Å². The molecule has 0 N–H and O–H groups in total. The van der Waals surface area contributed by atoms with Crippen LogP contribution in [-0.4, -0.2) is 9.97 Å². The van der Waals surface area contributed by atoms with E-state index in [1.807, 2.05) is 30.3 Å². The van der Waals surface area contributed by atoms with Gasteiger partial charge >= 0.3 is 0 Å². The fourth-order valence-corrected chi connectivity index (χ4v) is 9.71. The molecule has 0 unspecified atom stereocenters. The monoisotopic (exact) mass is 790 g/mol. The smallest absolute Gasteiger partial charge is 0.160 e. The molecular formula is C59H38N2O. The van der Waals surface area contributed by atoms with Crippen LogP contribution in [0.3, 0.4) is 0 Å². The molecule has 62 heavy (non-hydrogen) atoms. The van der Waals surface area contributed by atoms with Gasteiger partial charge in [-0.25, -0.2) is 9.97 Å². The number of furan rings is 1. The number of rotatable bonds is 7. The van der Waals surface area contributed by atoms with Crippen molar-refractivity contribution in [1.82, 2.24) is 9.97 Å². The van der Waals surface area contributed by atoms with Crippen LogP contribution in [0, 0.1) is 0 Å². The van der Waals surface area contributed by atoms with E-state index in [1.54, 1.807) is 0 Å². The Balaban J connectivity index is 0.943. The molecule has 9 aromatic carbocycles. The van der Waals surface area contributed by atoms with Crippen molar-refractivity contribution < 1.29 is 4.42 Å². The third kappa shape index (κ3) is 5.74. The van der Waals surface area contributed by atoms with Crippen molar-refractivity contribution in [2.75, 3.05) is 0 Å². The largest absolute Gasteiger partial charge is 0.455 e. The zero-order chi connectivity index (χ0) is 41.0. The predicted molar refractivity (Wildman–Crippen MR) is 254 cm³/mol. The van der Waals surface area contributed by atoms with Crippen LogP contribution in [-0.2, 0) is 5.41 Å². The molecule has 2 aromatic heterocycles. The minimum Gasteiger partial charge on any atom is -0.455 e. The summed E-state index contributed by atoms with van der Waals surface area (Å²) in [5.41, 5.74) is 18.1. The standard InChI is InChI=1S/C59H38N2O/c1-4-15-43(16-5-1)58-60-54(42-33-29-40(30-34-42)39-27-31-41(32-28-39)47-23-14-24-51-50-22-11-13-26-56(50)62-57(47)51)38-55(61-58)44-35-36-49-48-21-10-12-25-52(48)59(53(49)37-44,45-17-6-2-7-18-45)46-19-8-3-9-20-46/h1-38H. The summed E-state index contributed by atoms with van der Waals surface area (Å²) in [5.74, 6) is 0.693. The van der Waals surface area contributed by atoms with Gasteiger partial charge in [-0.3, -0.25) is 0 Å². The van der Waals surface area contributed by atoms with E-state index < -0.39 is 5.41 Å². The van der Waals surface area contributed by atoms with Gasteiger partial charge in [-0.15, -0.1) is 0 Å². The first kappa shape index (κ1) is 35.8. The zero-order valence-electron chi connectivity index (χ0n) is 33.7. The fraction of sp³-hybridized carbons (Fsp3) is 0.0169. The van der Waals surface area contributed by atoms with Crippen molar-refractivity contribution in [2.24, 2.45) is 0 Å². The van der Waals surface area contributed by atoms with Crippen LogP contribution in [0.25, 0.3) is 89.2 Å². The van der Waals surface area contributed by atoms with Gasteiger partial charge in [0.05, 0.1) is 16.8 Å². The van der Waals surface area contributed by atoms with Gasteiger partial charge in [0.1, 0.15) is 11.2 Å². The fourth-order valence-electron chi connectivity index (χ4n) is 9.71. The number of para-hydroxylation sites is 2. The Labute approximate surface area is 360 Å². The minimum atomic E-state index is -0.503. The highest BCUT2D eigenvalue weighted by molar-refractivity contribution is 6.09. The average molecular weight is 791 g/mol.